The zero-order valence-corrected chi connectivity index (χ0v) is 12.8. The fourth-order valence-corrected chi connectivity index (χ4v) is 3.00. The first kappa shape index (κ1) is 14.1. The summed E-state index contributed by atoms with van der Waals surface area (Å²) >= 11 is 0. The summed E-state index contributed by atoms with van der Waals surface area (Å²) in [6.07, 6.45) is 4.09. The SMILES string of the molecule is Fc1cccc(N2CCN(Cc3cn4ccccc4n3)CC2)n1. The highest BCUT2D eigenvalue weighted by Gasteiger charge is 2.19. The topological polar surface area (TPSA) is 36.7 Å². The lowest BCUT2D eigenvalue weighted by Gasteiger charge is -2.35. The van der Waals surface area contributed by atoms with E-state index in [-0.39, 0.29) is 0 Å². The van der Waals surface area contributed by atoms with Crippen molar-refractivity contribution in [3.8, 4) is 0 Å². The van der Waals surface area contributed by atoms with Gasteiger partial charge >= 0.3 is 0 Å². The average Bonchev–Trinajstić information content (AvgIpc) is 2.98. The molecule has 3 aromatic heterocycles. The van der Waals surface area contributed by atoms with Gasteiger partial charge in [-0.25, -0.2) is 9.97 Å². The van der Waals surface area contributed by atoms with Crippen LogP contribution in [0, 0.1) is 5.95 Å². The van der Waals surface area contributed by atoms with Gasteiger partial charge in [-0.05, 0) is 24.3 Å². The van der Waals surface area contributed by atoms with Crippen LogP contribution in [0.4, 0.5) is 10.2 Å². The van der Waals surface area contributed by atoms with E-state index >= 15 is 0 Å². The molecule has 0 spiro atoms. The van der Waals surface area contributed by atoms with Crippen LogP contribution in [0.2, 0.25) is 0 Å². The average molecular weight is 311 g/mol. The molecule has 0 atom stereocenters. The van der Waals surface area contributed by atoms with Gasteiger partial charge in [-0.15, -0.1) is 0 Å². The molecular weight excluding hydrogens is 293 g/mol. The molecule has 5 nitrogen and oxygen atoms in total. The first-order chi connectivity index (χ1) is 11.3. The van der Waals surface area contributed by atoms with Gasteiger partial charge in [0.05, 0.1) is 5.69 Å². The molecule has 4 rings (SSSR count). The van der Waals surface area contributed by atoms with Crippen molar-refractivity contribution in [2.45, 2.75) is 6.54 Å². The zero-order valence-electron chi connectivity index (χ0n) is 12.8. The van der Waals surface area contributed by atoms with Crippen LogP contribution >= 0.6 is 0 Å². The molecular formula is C17H18FN5. The number of imidazole rings is 1. The summed E-state index contributed by atoms with van der Waals surface area (Å²) in [4.78, 5) is 13.1. The normalized spacial score (nSPS) is 16.1. The highest BCUT2D eigenvalue weighted by molar-refractivity contribution is 5.40. The monoisotopic (exact) mass is 311 g/mol. The third-order valence-electron chi connectivity index (χ3n) is 4.20. The van der Waals surface area contributed by atoms with E-state index in [0.29, 0.717) is 0 Å². The highest BCUT2D eigenvalue weighted by atomic mass is 19.1. The number of hydrogen-bond acceptors (Lipinski definition) is 4. The molecule has 0 amide bonds. The van der Waals surface area contributed by atoms with Crippen LogP contribution in [-0.2, 0) is 6.54 Å². The summed E-state index contributed by atoms with van der Waals surface area (Å²) in [6, 6.07) is 11.0. The van der Waals surface area contributed by atoms with Crippen LogP contribution in [0.25, 0.3) is 5.65 Å². The second kappa shape index (κ2) is 5.96. The molecule has 1 aliphatic rings. The maximum atomic E-state index is 13.2. The van der Waals surface area contributed by atoms with Crippen LogP contribution in [0.5, 0.6) is 0 Å². The Morgan fingerprint density at radius 3 is 2.61 bits per heavy atom. The van der Waals surface area contributed by atoms with Crippen LogP contribution in [0.3, 0.4) is 0 Å². The van der Waals surface area contributed by atoms with Crippen molar-refractivity contribution >= 4 is 11.5 Å². The van der Waals surface area contributed by atoms with Gasteiger partial charge in [0.25, 0.3) is 0 Å². The Balaban J connectivity index is 1.39. The van der Waals surface area contributed by atoms with Crippen LogP contribution < -0.4 is 4.90 Å². The first-order valence-electron chi connectivity index (χ1n) is 7.80. The lowest BCUT2D eigenvalue weighted by molar-refractivity contribution is 0.247. The Bertz CT molecular complexity index is 774. The van der Waals surface area contributed by atoms with Crippen molar-refractivity contribution in [3.63, 3.8) is 0 Å². The lowest BCUT2D eigenvalue weighted by Crippen LogP contribution is -2.46. The standard InChI is InChI=1S/C17H18FN5/c18-15-4-3-6-17(20-15)22-10-8-21(9-11-22)12-14-13-23-7-2-1-5-16(23)19-14/h1-7,13H,8-12H2. The van der Waals surface area contributed by atoms with Gasteiger partial charge in [0.15, 0.2) is 0 Å². The lowest BCUT2D eigenvalue weighted by atomic mass is 10.3. The summed E-state index contributed by atoms with van der Waals surface area (Å²) in [5, 5.41) is 0. The number of piperazine rings is 1. The molecule has 1 fully saturated rings. The molecule has 23 heavy (non-hydrogen) atoms. The van der Waals surface area contributed by atoms with E-state index in [1.807, 2.05) is 34.9 Å². The van der Waals surface area contributed by atoms with Gasteiger partial charge in [-0.1, -0.05) is 12.1 Å². The molecule has 0 bridgehead atoms. The molecule has 0 saturated carbocycles. The summed E-state index contributed by atoms with van der Waals surface area (Å²) in [7, 11) is 0. The second-order valence-electron chi connectivity index (χ2n) is 5.78. The van der Waals surface area contributed by atoms with E-state index in [1.165, 1.54) is 6.07 Å². The highest BCUT2D eigenvalue weighted by Crippen LogP contribution is 2.15. The van der Waals surface area contributed by atoms with Gasteiger partial charge in [-0.2, -0.15) is 4.39 Å². The van der Waals surface area contributed by atoms with Crippen molar-refractivity contribution in [2.24, 2.45) is 0 Å². The van der Waals surface area contributed by atoms with E-state index in [0.717, 1.165) is 49.9 Å². The minimum Gasteiger partial charge on any atom is -0.354 e. The van der Waals surface area contributed by atoms with Gasteiger partial charge in [0.2, 0.25) is 5.95 Å². The van der Waals surface area contributed by atoms with Crippen molar-refractivity contribution in [3.05, 3.63) is 60.4 Å². The molecule has 4 heterocycles. The molecule has 0 aromatic carbocycles. The second-order valence-corrected chi connectivity index (χ2v) is 5.78. The maximum Gasteiger partial charge on any atom is 0.214 e. The van der Waals surface area contributed by atoms with Gasteiger partial charge < -0.3 is 9.30 Å². The zero-order chi connectivity index (χ0) is 15.6. The number of hydrogen-bond donors (Lipinski definition) is 0. The predicted molar refractivity (Wildman–Crippen MR) is 86.9 cm³/mol. The Labute approximate surface area is 134 Å². The number of rotatable bonds is 3. The summed E-state index contributed by atoms with van der Waals surface area (Å²) in [5.74, 6) is 0.298. The first-order valence-corrected chi connectivity index (χ1v) is 7.80. The number of nitrogens with zero attached hydrogens (tertiary/aromatic N) is 5. The summed E-state index contributed by atoms with van der Waals surface area (Å²) in [5.41, 5.74) is 2.05. The third kappa shape index (κ3) is 3.03. The molecule has 0 radical (unpaired) electrons. The third-order valence-corrected chi connectivity index (χ3v) is 4.20. The van der Waals surface area contributed by atoms with E-state index < -0.39 is 5.95 Å². The Morgan fingerprint density at radius 1 is 0.957 bits per heavy atom. The quantitative estimate of drug-likeness (QED) is 0.695. The van der Waals surface area contributed by atoms with E-state index in [1.54, 1.807) is 6.07 Å². The number of aromatic nitrogens is 3. The molecule has 1 saturated heterocycles. The number of anilines is 1. The molecule has 3 aromatic rings. The number of halogens is 1. The van der Waals surface area contributed by atoms with Gasteiger partial charge in [0.1, 0.15) is 11.5 Å². The number of fused-ring (bicyclic) bond motifs is 1. The largest absolute Gasteiger partial charge is 0.354 e. The minimum atomic E-state index is -0.422. The molecule has 0 N–H and O–H groups in total. The number of pyridine rings is 2. The van der Waals surface area contributed by atoms with Crippen LogP contribution in [-0.4, -0.2) is 45.4 Å². The smallest absolute Gasteiger partial charge is 0.214 e. The Kier molecular flexibility index (Phi) is 3.67. The molecule has 0 unspecified atom stereocenters. The summed E-state index contributed by atoms with van der Waals surface area (Å²) in [6.45, 7) is 4.39. The Hall–Kier alpha value is -2.47. The fourth-order valence-electron chi connectivity index (χ4n) is 3.00. The molecule has 118 valence electrons. The fraction of sp³-hybridized carbons (Fsp3) is 0.294. The minimum absolute atomic E-state index is 0.422. The van der Waals surface area contributed by atoms with Crippen molar-refractivity contribution in [2.75, 3.05) is 31.1 Å². The van der Waals surface area contributed by atoms with E-state index in [4.69, 9.17) is 0 Å². The van der Waals surface area contributed by atoms with Gasteiger partial charge in [-0.3, -0.25) is 4.90 Å². The maximum absolute atomic E-state index is 13.2. The van der Waals surface area contributed by atoms with Crippen molar-refractivity contribution < 1.29 is 4.39 Å². The van der Waals surface area contributed by atoms with Crippen molar-refractivity contribution in [1.29, 1.82) is 0 Å². The Morgan fingerprint density at radius 2 is 1.83 bits per heavy atom. The predicted octanol–water partition coefficient (Wildman–Crippen LogP) is 2.19. The van der Waals surface area contributed by atoms with E-state index in [2.05, 4.69) is 26.0 Å². The molecule has 1 aliphatic heterocycles. The summed E-state index contributed by atoms with van der Waals surface area (Å²) < 4.78 is 15.3. The van der Waals surface area contributed by atoms with Crippen LogP contribution in [0.1, 0.15) is 5.69 Å². The van der Waals surface area contributed by atoms with Crippen LogP contribution in [0.15, 0.2) is 48.8 Å². The molecule has 6 heteroatoms. The van der Waals surface area contributed by atoms with Gasteiger partial charge in [0, 0.05) is 45.1 Å². The molecule has 0 aliphatic carbocycles. The van der Waals surface area contributed by atoms with E-state index in [9.17, 15) is 4.39 Å². The van der Waals surface area contributed by atoms with Crippen molar-refractivity contribution in [1.82, 2.24) is 19.3 Å².